The number of amides is 1. The molecule has 7 heteroatoms. The van der Waals surface area contributed by atoms with Gasteiger partial charge in [-0.25, -0.2) is 13.1 Å². The van der Waals surface area contributed by atoms with Crippen molar-refractivity contribution in [1.82, 2.24) is 4.72 Å². The van der Waals surface area contributed by atoms with Crippen LogP contribution in [-0.4, -0.2) is 19.9 Å². The van der Waals surface area contributed by atoms with Gasteiger partial charge in [0, 0.05) is 16.5 Å². The molecule has 1 atom stereocenters. The van der Waals surface area contributed by atoms with E-state index in [9.17, 15) is 13.2 Å². The van der Waals surface area contributed by atoms with Crippen molar-refractivity contribution in [1.29, 1.82) is 0 Å². The lowest BCUT2D eigenvalue weighted by Crippen LogP contribution is -2.38. The minimum absolute atomic E-state index is 0.0296. The highest BCUT2D eigenvalue weighted by atomic mass is 79.9. The van der Waals surface area contributed by atoms with Crippen molar-refractivity contribution < 1.29 is 17.9 Å². The fraction of sp³-hybridized carbons (Fsp3) is 0.208. The van der Waals surface area contributed by atoms with Crippen LogP contribution in [0.1, 0.15) is 34.8 Å². The van der Waals surface area contributed by atoms with Crippen LogP contribution in [-0.2, 0) is 22.9 Å². The number of benzene rings is 3. The number of hydrogen-bond acceptors (Lipinski definition) is 4. The Kier molecular flexibility index (Phi) is 5.90. The summed E-state index contributed by atoms with van der Waals surface area (Å²) in [5.74, 6) is 0.0698. The van der Waals surface area contributed by atoms with Crippen molar-refractivity contribution >= 4 is 31.9 Å². The molecule has 1 N–H and O–H groups in total. The van der Waals surface area contributed by atoms with Gasteiger partial charge in [0.1, 0.15) is 11.4 Å². The lowest BCUT2D eigenvalue weighted by Gasteiger charge is -2.36. The third-order valence-electron chi connectivity index (χ3n) is 5.37. The number of carbonyl (C=O) groups is 1. The van der Waals surface area contributed by atoms with Crippen molar-refractivity contribution in [2.45, 2.75) is 36.7 Å². The molecule has 0 saturated carbocycles. The maximum absolute atomic E-state index is 12.6. The lowest BCUT2D eigenvalue weighted by atomic mass is 9.87. The van der Waals surface area contributed by atoms with Gasteiger partial charge in [-0.15, -0.1) is 0 Å². The zero-order valence-electron chi connectivity index (χ0n) is 17.0. The molecule has 0 unspecified atom stereocenters. The number of nitrogens with one attached hydrogen (secondary N) is 1. The van der Waals surface area contributed by atoms with Crippen molar-refractivity contribution in [3.05, 3.63) is 94.0 Å². The number of halogens is 1. The molecule has 0 bridgehead atoms. The van der Waals surface area contributed by atoms with Crippen LogP contribution in [0.5, 0.6) is 5.75 Å². The van der Waals surface area contributed by atoms with Gasteiger partial charge < -0.3 is 4.74 Å². The summed E-state index contributed by atoms with van der Waals surface area (Å²) in [5, 5.41) is 0. The molecule has 160 valence electrons. The molecular weight excluding hydrogens is 478 g/mol. The van der Waals surface area contributed by atoms with Crippen molar-refractivity contribution in [3.63, 3.8) is 0 Å². The number of fused-ring (bicyclic) bond motifs is 1. The van der Waals surface area contributed by atoms with E-state index in [1.54, 1.807) is 30.3 Å². The molecule has 1 amide bonds. The van der Waals surface area contributed by atoms with E-state index >= 15 is 0 Å². The SMILES string of the molecule is C[C@@]1(Cc2ccccc2)CCc2cc(C(=O)NS(=O)(=O)c3ccc(Br)cc3)ccc2O1. The van der Waals surface area contributed by atoms with Gasteiger partial charge in [-0.2, -0.15) is 0 Å². The third-order valence-corrected chi connectivity index (χ3v) is 7.25. The normalized spacial score (nSPS) is 18.0. The fourth-order valence-electron chi connectivity index (χ4n) is 3.74. The fourth-order valence-corrected chi connectivity index (χ4v) is 4.98. The molecule has 31 heavy (non-hydrogen) atoms. The molecule has 4 rings (SSSR count). The summed E-state index contributed by atoms with van der Waals surface area (Å²) in [4.78, 5) is 12.6. The third kappa shape index (κ3) is 4.99. The molecule has 0 spiro atoms. The molecular formula is C24H22BrNO4S. The maximum atomic E-state index is 12.6. The Morgan fingerprint density at radius 2 is 1.77 bits per heavy atom. The minimum Gasteiger partial charge on any atom is -0.487 e. The largest absolute Gasteiger partial charge is 0.487 e. The first-order chi connectivity index (χ1) is 14.7. The van der Waals surface area contributed by atoms with Gasteiger partial charge in [0.05, 0.1) is 4.90 Å². The van der Waals surface area contributed by atoms with Crippen LogP contribution in [0.25, 0.3) is 0 Å². The van der Waals surface area contributed by atoms with Crippen molar-refractivity contribution in [3.8, 4) is 5.75 Å². The van der Waals surface area contributed by atoms with Gasteiger partial charge in [0.15, 0.2) is 0 Å². The van der Waals surface area contributed by atoms with E-state index in [0.29, 0.717) is 0 Å². The molecule has 1 aliphatic heterocycles. The second kappa shape index (κ2) is 8.48. The van der Waals surface area contributed by atoms with Gasteiger partial charge in [-0.3, -0.25) is 4.79 Å². The molecule has 0 fully saturated rings. The quantitative estimate of drug-likeness (QED) is 0.542. The van der Waals surface area contributed by atoms with E-state index in [0.717, 1.165) is 35.0 Å². The van der Waals surface area contributed by atoms with Crippen LogP contribution in [0.3, 0.4) is 0 Å². The predicted molar refractivity (Wildman–Crippen MR) is 123 cm³/mol. The molecule has 0 radical (unpaired) electrons. The lowest BCUT2D eigenvalue weighted by molar-refractivity contribution is 0.0654. The first-order valence-electron chi connectivity index (χ1n) is 9.93. The highest BCUT2D eigenvalue weighted by molar-refractivity contribution is 9.10. The van der Waals surface area contributed by atoms with Crippen LogP contribution >= 0.6 is 15.9 Å². The molecule has 1 heterocycles. The molecule has 5 nitrogen and oxygen atoms in total. The van der Waals surface area contributed by atoms with Gasteiger partial charge in [-0.05, 0) is 73.4 Å². The predicted octanol–water partition coefficient (Wildman–Crippen LogP) is 4.89. The van der Waals surface area contributed by atoms with E-state index in [1.807, 2.05) is 18.2 Å². The number of hydrogen-bond donors (Lipinski definition) is 1. The van der Waals surface area contributed by atoms with Gasteiger partial charge in [0.25, 0.3) is 15.9 Å². The molecule has 0 aromatic heterocycles. The van der Waals surface area contributed by atoms with Crippen molar-refractivity contribution in [2.75, 3.05) is 0 Å². The Labute approximate surface area is 190 Å². The van der Waals surface area contributed by atoms with Gasteiger partial charge in [0.2, 0.25) is 0 Å². The molecule has 0 aliphatic carbocycles. The Balaban J connectivity index is 1.49. The summed E-state index contributed by atoms with van der Waals surface area (Å²) >= 11 is 3.27. The van der Waals surface area contributed by atoms with Crippen LogP contribution in [0, 0.1) is 0 Å². The highest BCUT2D eigenvalue weighted by Crippen LogP contribution is 2.35. The van der Waals surface area contributed by atoms with Gasteiger partial charge >= 0.3 is 0 Å². The summed E-state index contributed by atoms with van der Waals surface area (Å²) in [6.45, 7) is 2.09. The summed E-state index contributed by atoms with van der Waals surface area (Å²) in [6.07, 6.45) is 2.34. The Morgan fingerprint density at radius 1 is 1.06 bits per heavy atom. The zero-order chi connectivity index (χ0) is 22.1. The topological polar surface area (TPSA) is 72.5 Å². The Hall–Kier alpha value is -2.64. The van der Waals surface area contributed by atoms with E-state index in [2.05, 4.69) is 39.7 Å². The number of rotatable bonds is 5. The zero-order valence-corrected chi connectivity index (χ0v) is 19.4. The first kappa shape index (κ1) is 21.6. The van der Waals surface area contributed by atoms with Crippen LogP contribution in [0.2, 0.25) is 0 Å². The molecule has 0 saturated heterocycles. The average molecular weight is 500 g/mol. The second-order valence-electron chi connectivity index (χ2n) is 7.93. The van der Waals surface area contributed by atoms with E-state index in [1.165, 1.54) is 17.7 Å². The standard InChI is InChI=1S/C24H22BrNO4S/c1-24(16-17-5-3-2-4-6-17)14-13-18-15-19(7-12-22(18)30-24)23(27)26-31(28,29)21-10-8-20(25)9-11-21/h2-12,15H,13-14,16H2,1H3,(H,26,27)/t24-/m0/s1. The smallest absolute Gasteiger partial charge is 0.265 e. The number of ether oxygens (including phenoxy) is 1. The molecule has 3 aromatic carbocycles. The average Bonchev–Trinajstić information content (AvgIpc) is 2.74. The monoisotopic (exact) mass is 499 g/mol. The first-order valence-corrected chi connectivity index (χ1v) is 12.2. The Morgan fingerprint density at radius 3 is 2.48 bits per heavy atom. The molecule has 3 aromatic rings. The van der Waals surface area contributed by atoms with E-state index < -0.39 is 15.9 Å². The minimum atomic E-state index is -3.95. The van der Waals surface area contributed by atoms with Crippen LogP contribution in [0.4, 0.5) is 0 Å². The number of aryl methyl sites for hydroxylation is 1. The summed E-state index contributed by atoms with van der Waals surface area (Å²) in [7, 11) is -3.95. The van der Waals surface area contributed by atoms with Gasteiger partial charge in [-0.1, -0.05) is 46.3 Å². The highest BCUT2D eigenvalue weighted by Gasteiger charge is 2.32. The van der Waals surface area contributed by atoms with Crippen LogP contribution < -0.4 is 9.46 Å². The number of carbonyl (C=O) groups excluding carboxylic acids is 1. The summed E-state index contributed by atoms with van der Waals surface area (Å²) < 4.78 is 34.2. The van der Waals surface area contributed by atoms with E-state index in [-0.39, 0.29) is 16.1 Å². The second-order valence-corrected chi connectivity index (χ2v) is 10.5. The van der Waals surface area contributed by atoms with Crippen molar-refractivity contribution in [2.24, 2.45) is 0 Å². The summed E-state index contributed by atoms with van der Waals surface area (Å²) in [5.41, 5.74) is 2.07. The number of sulfonamides is 1. The Bertz CT molecular complexity index is 1210. The molecule has 1 aliphatic rings. The maximum Gasteiger partial charge on any atom is 0.265 e. The summed E-state index contributed by atoms with van der Waals surface area (Å²) in [6, 6.07) is 21.4. The van der Waals surface area contributed by atoms with E-state index in [4.69, 9.17) is 4.74 Å². The van der Waals surface area contributed by atoms with Crippen LogP contribution in [0.15, 0.2) is 82.2 Å².